The van der Waals surface area contributed by atoms with Gasteiger partial charge in [-0.3, -0.25) is 0 Å². The molecular weight excluding hydrogens is 222 g/mol. The maximum absolute atomic E-state index is 12.9. The zero-order valence-corrected chi connectivity index (χ0v) is 7.80. The van der Waals surface area contributed by atoms with E-state index in [9.17, 15) is 17.6 Å². The van der Waals surface area contributed by atoms with Crippen LogP contribution in [0.2, 0.25) is 5.02 Å². The van der Waals surface area contributed by atoms with Crippen molar-refractivity contribution in [3.63, 3.8) is 0 Å². The summed E-state index contributed by atoms with van der Waals surface area (Å²) < 4.78 is 49.3. The van der Waals surface area contributed by atoms with Crippen LogP contribution in [-0.4, -0.2) is 7.05 Å². The average molecular weight is 228 g/mol. The first kappa shape index (κ1) is 11.1. The molecule has 0 fully saturated rings. The van der Waals surface area contributed by atoms with Crippen molar-refractivity contribution in [1.29, 1.82) is 0 Å². The third kappa shape index (κ3) is 2.09. The lowest BCUT2D eigenvalue weighted by molar-refractivity contribution is -0.139. The second-order valence-corrected chi connectivity index (χ2v) is 2.97. The molecule has 0 atom stereocenters. The molecule has 1 nitrogen and oxygen atoms in total. The quantitative estimate of drug-likeness (QED) is 0.724. The molecule has 0 saturated heterocycles. The first-order valence-corrected chi connectivity index (χ1v) is 3.98. The molecule has 0 aliphatic carbocycles. The molecule has 0 radical (unpaired) electrons. The number of hydrogen-bond donors (Lipinski definition) is 1. The largest absolute Gasteiger partial charge is 0.419 e. The van der Waals surface area contributed by atoms with Crippen LogP contribution in [0, 0.1) is 5.82 Å². The highest BCUT2D eigenvalue weighted by Gasteiger charge is 2.34. The monoisotopic (exact) mass is 227 g/mol. The number of rotatable bonds is 1. The van der Waals surface area contributed by atoms with Crippen molar-refractivity contribution in [2.24, 2.45) is 0 Å². The van der Waals surface area contributed by atoms with E-state index in [1.165, 1.54) is 7.05 Å². The van der Waals surface area contributed by atoms with E-state index in [0.29, 0.717) is 12.1 Å². The molecule has 0 amide bonds. The van der Waals surface area contributed by atoms with E-state index in [1.807, 2.05) is 0 Å². The predicted molar refractivity (Wildman–Crippen MR) is 46.0 cm³/mol. The van der Waals surface area contributed by atoms with E-state index >= 15 is 0 Å². The summed E-state index contributed by atoms with van der Waals surface area (Å²) in [6.07, 6.45) is -4.72. The van der Waals surface area contributed by atoms with Crippen molar-refractivity contribution in [3.8, 4) is 0 Å². The SMILES string of the molecule is CNc1cc(F)c(C(F)(F)F)cc1Cl. The van der Waals surface area contributed by atoms with Crippen LogP contribution < -0.4 is 5.32 Å². The van der Waals surface area contributed by atoms with Gasteiger partial charge in [-0.05, 0) is 12.1 Å². The third-order valence-corrected chi connectivity index (χ3v) is 1.94. The van der Waals surface area contributed by atoms with Gasteiger partial charge in [-0.1, -0.05) is 11.6 Å². The van der Waals surface area contributed by atoms with Gasteiger partial charge in [0.2, 0.25) is 0 Å². The average Bonchev–Trinajstić information content (AvgIpc) is 2.06. The molecular formula is C8H6ClF4N. The maximum atomic E-state index is 12.9. The Balaban J connectivity index is 3.29. The Hall–Kier alpha value is -0.970. The summed E-state index contributed by atoms with van der Waals surface area (Å²) in [6, 6.07) is 1.27. The van der Waals surface area contributed by atoms with Crippen molar-refractivity contribution in [2.75, 3.05) is 12.4 Å². The second kappa shape index (κ2) is 3.65. The normalized spacial score (nSPS) is 11.6. The van der Waals surface area contributed by atoms with Crippen LogP contribution in [0.4, 0.5) is 23.2 Å². The molecule has 0 aliphatic heterocycles. The summed E-state index contributed by atoms with van der Waals surface area (Å²) in [7, 11) is 1.44. The molecule has 0 unspecified atom stereocenters. The Morgan fingerprint density at radius 2 is 1.86 bits per heavy atom. The lowest BCUT2D eigenvalue weighted by Crippen LogP contribution is -2.08. The number of nitrogens with one attached hydrogen (secondary N) is 1. The fourth-order valence-electron chi connectivity index (χ4n) is 0.956. The van der Waals surface area contributed by atoms with Gasteiger partial charge in [0.25, 0.3) is 0 Å². The third-order valence-electron chi connectivity index (χ3n) is 1.63. The fourth-order valence-corrected chi connectivity index (χ4v) is 1.21. The second-order valence-electron chi connectivity index (χ2n) is 2.56. The molecule has 1 aromatic rings. The van der Waals surface area contributed by atoms with E-state index in [4.69, 9.17) is 11.6 Å². The zero-order chi connectivity index (χ0) is 10.9. The smallest absolute Gasteiger partial charge is 0.387 e. The predicted octanol–water partition coefficient (Wildman–Crippen LogP) is 3.54. The van der Waals surface area contributed by atoms with Gasteiger partial charge in [0, 0.05) is 7.05 Å². The lowest BCUT2D eigenvalue weighted by Gasteiger charge is -2.10. The summed E-state index contributed by atoms with van der Waals surface area (Å²) >= 11 is 5.48. The molecule has 0 saturated carbocycles. The van der Waals surface area contributed by atoms with E-state index in [2.05, 4.69) is 5.32 Å². The highest BCUT2D eigenvalue weighted by molar-refractivity contribution is 6.33. The molecule has 78 valence electrons. The van der Waals surface area contributed by atoms with Crippen molar-refractivity contribution in [1.82, 2.24) is 0 Å². The Kier molecular flexibility index (Phi) is 2.89. The summed E-state index contributed by atoms with van der Waals surface area (Å²) in [5.41, 5.74) is -1.24. The Morgan fingerprint density at radius 3 is 2.29 bits per heavy atom. The standard InChI is InChI=1S/C8H6ClF4N/c1-14-7-3-6(10)4(2-5(7)9)8(11,12)13/h2-3,14H,1H3. The molecule has 0 spiro atoms. The van der Waals surface area contributed by atoms with Crippen molar-refractivity contribution < 1.29 is 17.6 Å². The van der Waals surface area contributed by atoms with Crippen molar-refractivity contribution >= 4 is 17.3 Å². The van der Waals surface area contributed by atoms with Crippen molar-refractivity contribution in [3.05, 3.63) is 28.5 Å². The molecule has 1 rings (SSSR count). The lowest BCUT2D eigenvalue weighted by atomic mass is 10.2. The summed E-state index contributed by atoms with van der Waals surface area (Å²) in [5, 5.41) is 2.31. The summed E-state index contributed by atoms with van der Waals surface area (Å²) in [5.74, 6) is -1.34. The molecule has 0 aromatic heterocycles. The van der Waals surface area contributed by atoms with Crippen LogP contribution in [0.3, 0.4) is 0 Å². The number of anilines is 1. The van der Waals surface area contributed by atoms with Crippen LogP contribution >= 0.6 is 11.6 Å². The van der Waals surface area contributed by atoms with E-state index in [1.54, 1.807) is 0 Å². The molecule has 14 heavy (non-hydrogen) atoms. The van der Waals surface area contributed by atoms with E-state index < -0.39 is 17.6 Å². The number of benzene rings is 1. The Morgan fingerprint density at radius 1 is 1.29 bits per heavy atom. The highest BCUT2D eigenvalue weighted by Crippen LogP contribution is 2.35. The Bertz CT molecular complexity index is 348. The number of hydrogen-bond acceptors (Lipinski definition) is 1. The van der Waals surface area contributed by atoms with Gasteiger partial charge < -0.3 is 5.32 Å². The number of alkyl halides is 3. The first-order chi connectivity index (χ1) is 6.36. The van der Waals surface area contributed by atoms with Gasteiger partial charge in [0.1, 0.15) is 5.82 Å². The van der Waals surface area contributed by atoms with Gasteiger partial charge in [-0.25, -0.2) is 4.39 Å². The minimum atomic E-state index is -4.72. The molecule has 0 bridgehead atoms. The molecule has 0 heterocycles. The van der Waals surface area contributed by atoms with Gasteiger partial charge in [-0.15, -0.1) is 0 Å². The first-order valence-electron chi connectivity index (χ1n) is 3.60. The minimum absolute atomic E-state index is 0.122. The number of halogens is 5. The van der Waals surface area contributed by atoms with Gasteiger partial charge in [-0.2, -0.15) is 13.2 Å². The topological polar surface area (TPSA) is 12.0 Å². The van der Waals surface area contributed by atoms with Crippen LogP contribution in [0.1, 0.15) is 5.56 Å². The Labute approximate surface area is 82.7 Å². The van der Waals surface area contributed by atoms with Crippen molar-refractivity contribution in [2.45, 2.75) is 6.18 Å². The van der Waals surface area contributed by atoms with Crippen LogP contribution in [0.15, 0.2) is 12.1 Å². The summed E-state index contributed by atoms with van der Waals surface area (Å²) in [6.45, 7) is 0. The molecule has 6 heteroatoms. The van der Waals surface area contributed by atoms with E-state index in [-0.39, 0.29) is 10.7 Å². The van der Waals surface area contributed by atoms with E-state index in [0.717, 1.165) is 0 Å². The van der Waals surface area contributed by atoms with Crippen LogP contribution in [0.5, 0.6) is 0 Å². The highest BCUT2D eigenvalue weighted by atomic mass is 35.5. The zero-order valence-electron chi connectivity index (χ0n) is 7.04. The van der Waals surface area contributed by atoms with Crippen LogP contribution in [0.25, 0.3) is 0 Å². The van der Waals surface area contributed by atoms with Gasteiger partial charge in [0.15, 0.2) is 0 Å². The minimum Gasteiger partial charge on any atom is -0.387 e. The molecule has 1 N–H and O–H groups in total. The maximum Gasteiger partial charge on any atom is 0.419 e. The van der Waals surface area contributed by atoms with Gasteiger partial charge in [0.05, 0.1) is 16.3 Å². The van der Waals surface area contributed by atoms with Gasteiger partial charge >= 0.3 is 6.18 Å². The molecule has 0 aliphatic rings. The molecule has 1 aromatic carbocycles. The van der Waals surface area contributed by atoms with Crippen LogP contribution in [-0.2, 0) is 6.18 Å². The summed E-state index contributed by atoms with van der Waals surface area (Å²) in [4.78, 5) is 0. The fraction of sp³-hybridized carbons (Fsp3) is 0.250.